The van der Waals surface area contributed by atoms with Gasteiger partial charge in [-0.2, -0.15) is 0 Å². The van der Waals surface area contributed by atoms with Crippen LogP contribution in [0.3, 0.4) is 0 Å². The molecule has 1 N–H and O–H groups in total. The van der Waals surface area contributed by atoms with Gasteiger partial charge in [0.25, 0.3) is 0 Å². The van der Waals surface area contributed by atoms with Gasteiger partial charge in [-0.15, -0.1) is 0 Å². The van der Waals surface area contributed by atoms with E-state index in [-0.39, 0.29) is 0 Å². The summed E-state index contributed by atoms with van der Waals surface area (Å²) in [5.41, 5.74) is 1.35. The molecule has 0 spiro atoms. The molecule has 0 radical (unpaired) electrons. The van der Waals surface area contributed by atoms with Gasteiger partial charge in [-0.3, -0.25) is 0 Å². The van der Waals surface area contributed by atoms with Gasteiger partial charge in [-0.05, 0) is 38.5 Å². The molecule has 1 aromatic rings. The van der Waals surface area contributed by atoms with Gasteiger partial charge < -0.3 is 9.88 Å². The van der Waals surface area contributed by atoms with Gasteiger partial charge in [-0.25, -0.2) is 4.98 Å². The molecule has 2 saturated carbocycles. The van der Waals surface area contributed by atoms with Gasteiger partial charge in [0.2, 0.25) is 0 Å². The van der Waals surface area contributed by atoms with Crippen LogP contribution in [0.4, 0.5) is 0 Å². The summed E-state index contributed by atoms with van der Waals surface area (Å²) in [7, 11) is 0. The van der Waals surface area contributed by atoms with Crippen LogP contribution in [0.1, 0.15) is 50.8 Å². The van der Waals surface area contributed by atoms with Crippen LogP contribution >= 0.6 is 0 Å². The summed E-state index contributed by atoms with van der Waals surface area (Å²) in [5.74, 6) is 0.883. The Morgan fingerprint density at radius 2 is 2.25 bits per heavy atom. The summed E-state index contributed by atoms with van der Waals surface area (Å²) >= 11 is 0. The minimum atomic E-state index is 0.632. The average Bonchev–Trinajstić information content (AvgIpc) is 2.90. The first-order valence-electron chi connectivity index (χ1n) is 6.58. The molecule has 16 heavy (non-hydrogen) atoms. The van der Waals surface area contributed by atoms with Gasteiger partial charge in [0.1, 0.15) is 0 Å². The third-order valence-corrected chi connectivity index (χ3v) is 4.17. The van der Waals surface area contributed by atoms with Crippen LogP contribution in [0.25, 0.3) is 0 Å². The molecule has 0 bridgehead atoms. The maximum absolute atomic E-state index is 4.31. The van der Waals surface area contributed by atoms with E-state index in [0.29, 0.717) is 6.04 Å². The van der Waals surface area contributed by atoms with Gasteiger partial charge in [0.05, 0.1) is 12.0 Å². The highest BCUT2D eigenvalue weighted by Crippen LogP contribution is 2.36. The standard InChI is InChI=1S/C13H21N3/c1-10(11-3-2-4-11)16-9-14-7-13(16)8-15-12-5-6-12/h7,9-12,15H,2-6,8H2,1H3. The van der Waals surface area contributed by atoms with Crippen molar-refractivity contribution < 1.29 is 0 Å². The molecule has 3 nitrogen and oxygen atoms in total. The van der Waals surface area contributed by atoms with Crippen molar-refractivity contribution in [1.29, 1.82) is 0 Å². The molecular weight excluding hydrogens is 198 g/mol. The number of hydrogen-bond donors (Lipinski definition) is 1. The van der Waals surface area contributed by atoms with Crippen LogP contribution in [0.5, 0.6) is 0 Å². The Hall–Kier alpha value is -0.830. The van der Waals surface area contributed by atoms with Gasteiger partial charge in [-0.1, -0.05) is 6.42 Å². The van der Waals surface area contributed by atoms with E-state index in [1.165, 1.54) is 37.8 Å². The molecule has 2 fully saturated rings. The zero-order valence-corrected chi connectivity index (χ0v) is 10.0. The Morgan fingerprint density at radius 3 is 2.88 bits per heavy atom. The van der Waals surface area contributed by atoms with Crippen LogP contribution in [0.2, 0.25) is 0 Å². The fourth-order valence-corrected chi connectivity index (χ4v) is 2.52. The second-order valence-electron chi connectivity index (χ2n) is 5.38. The summed E-state index contributed by atoms with van der Waals surface area (Å²) in [6.07, 6.45) is 10.9. The molecule has 0 aliphatic heterocycles. The number of rotatable bonds is 5. The monoisotopic (exact) mass is 219 g/mol. The predicted octanol–water partition coefficient (Wildman–Crippen LogP) is 2.50. The number of nitrogens with one attached hydrogen (secondary N) is 1. The van der Waals surface area contributed by atoms with E-state index in [9.17, 15) is 0 Å². The number of nitrogens with zero attached hydrogens (tertiary/aromatic N) is 2. The summed E-state index contributed by atoms with van der Waals surface area (Å²) in [6, 6.07) is 1.41. The van der Waals surface area contributed by atoms with Crippen LogP contribution in [-0.2, 0) is 6.54 Å². The first-order valence-corrected chi connectivity index (χ1v) is 6.58. The van der Waals surface area contributed by atoms with E-state index in [1.807, 2.05) is 12.5 Å². The molecule has 2 aliphatic carbocycles. The predicted molar refractivity (Wildman–Crippen MR) is 64.1 cm³/mol. The topological polar surface area (TPSA) is 29.9 Å². The highest BCUT2D eigenvalue weighted by molar-refractivity contribution is 5.02. The van der Waals surface area contributed by atoms with Gasteiger partial charge >= 0.3 is 0 Å². The van der Waals surface area contributed by atoms with E-state index in [1.54, 1.807) is 0 Å². The zero-order chi connectivity index (χ0) is 11.0. The molecule has 3 rings (SSSR count). The van der Waals surface area contributed by atoms with E-state index in [4.69, 9.17) is 0 Å². The first-order chi connectivity index (χ1) is 7.84. The fourth-order valence-electron chi connectivity index (χ4n) is 2.52. The second-order valence-corrected chi connectivity index (χ2v) is 5.38. The lowest BCUT2D eigenvalue weighted by molar-refractivity contribution is 0.219. The highest BCUT2D eigenvalue weighted by atomic mass is 15.1. The molecule has 88 valence electrons. The maximum Gasteiger partial charge on any atom is 0.0951 e. The van der Waals surface area contributed by atoms with Crippen molar-refractivity contribution in [3.05, 3.63) is 18.2 Å². The Balaban J connectivity index is 1.65. The normalized spacial score (nSPS) is 23.1. The Bertz CT molecular complexity index is 350. The molecule has 1 unspecified atom stereocenters. The zero-order valence-electron chi connectivity index (χ0n) is 10.0. The molecule has 0 saturated heterocycles. The van der Waals surface area contributed by atoms with Gasteiger partial charge in [0.15, 0.2) is 0 Å². The minimum absolute atomic E-state index is 0.632. The smallest absolute Gasteiger partial charge is 0.0951 e. The Labute approximate surface area is 97.3 Å². The number of imidazole rings is 1. The molecule has 1 aromatic heterocycles. The van der Waals surface area contributed by atoms with E-state index >= 15 is 0 Å². The van der Waals surface area contributed by atoms with Crippen LogP contribution in [0.15, 0.2) is 12.5 Å². The Morgan fingerprint density at radius 1 is 1.44 bits per heavy atom. The summed E-state index contributed by atoms with van der Waals surface area (Å²) < 4.78 is 2.37. The van der Waals surface area contributed by atoms with E-state index in [2.05, 4.69) is 21.8 Å². The van der Waals surface area contributed by atoms with Crippen molar-refractivity contribution >= 4 is 0 Å². The molecule has 3 heteroatoms. The van der Waals surface area contributed by atoms with Crippen molar-refractivity contribution in [2.24, 2.45) is 5.92 Å². The maximum atomic E-state index is 4.31. The molecule has 1 heterocycles. The van der Waals surface area contributed by atoms with Crippen LogP contribution in [-0.4, -0.2) is 15.6 Å². The number of aromatic nitrogens is 2. The molecular formula is C13H21N3. The Kier molecular flexibility index (Phi) is 2.72. The minimum Gasteiger partial charge on any atom is -0.330 e. The van der Waals surface area contributed by atoms with E-state index in [0.717, 1.165) is 18.5 Å². The largest absolute Gasteiger partial charge is 0.330 e. The highest BCUT2D eigenvalue weighted by Gasteiger charge is 2.26. The molecule has 0 amide bonds. The quantitative estimate of drug-likeness (QED) is 0.824. The van der Waals surface area contributed by atoms with Crippen molar-refractivity contribution in [3.8, 4) is 0 Å². The van der Waals surface area contributed by atoms with Crippen LogP contribution < -0.4 is 5.32 Å². The first kappa shape index (κ1) is 10.3. The van der Waals surface area contributed by atoms with Crippen molar-refractivity contribution in [3.63, 3.8) is 0 Å². The van der Waals surface area contributed by atoms with Crippen molar-refractivity contribution in [2.45, 2.75) is 57.7 Å². The molecule has 2 aliphatic rings. The lowest BCUT2D eigenvalue weighted by atomic mass is 9.80. The average molecular weight is 219 g/mol. The molecule has 0 aromatic carbocycles. The molecule has 1 atom stereocenters. The summed E-state index contributed by atoms with van der Waals surface area (Å²) in [5, 5.41) is 3.57. The summed E-state index contributed by atoms with van der Waals surface area (Å²) in [4.78, 5) is 4.31. The van der Waals surface area contributed by atoms with E-state index < -0.39 is 0 Å². The summed E-state index contributed by atoms with van der Waals surface area (Å²) in [6.45, 7) is 3.33. The van der Waals surface area contributed by atoms with Gasteiger partial charge in [0, 0.05) is 24.8 Å². The number of hydrogen-bond acceptors (Lipinski definition) is 2. The van der Waals surface area contributed by atoms with Crippen LogP contribution in [0, 0.1) is 5.92 Å². The third kappa shape index (κ3) is 2.01. The van der Waals surface area contributed by atoms with Crippen molar-refractivity contribution in [1.82, 2.24) is 14.9 Å². The lowest BCUT2D eigenvalue weighted by Crippen LogP contribution is -2.25. The fraction of sp³-hybridized carbons (Fsp3) is 0.769. The second kappa shape index (κ2) is 4.21. The van der Waals surface area contributed by atoms with Crippen molar-refractivity contribution in [2.75, 3.05) is 0 Å². The third-order valence-electron chi connectivity index (χ3n) is 4.17. The SMILES string of the molecule is CC(C1CCC1)n1cncc1CNC1CC1. The lowest BCUT2D eigenvalue weighted by Gasteiger charge is -2.33.